The van der Waals surface area contributed by atoms with Gasteiger partial charge in [0.15, 0.2) is 0 Å². The third kappa shape index (κ3) is 4.45. The standard InChI is InChI=1S/C24H30N6O2/c1-15-6-8-18(9-7-15)13-30-14-19(12-26-30)11-25-21-10-20-22(16(2)27-21)28-24(31)23(29(20)4)17(3)32-5/h6-10,12,14,17,23H,11,13H2,1-5H3,(H,25,27)(H,28,31)/t17-,23+/m1/s1. The van der Waals surface area contributed by atoms with E-state index in [9.17, 15) is 4.79 Å². The van der Waals surface area contributed by atoms with Crippen LogP contribution in [0.25, 0.3) is 0 Å². The third-order valence-corrected chi connectivity index (χ3v) is 5.94. The minimum Gasteiger partial charge on any atom is -0.379 e. The van der Waals surface area contributed by atoms with Crippen molar-refractivity contribution in [2.45, 2.75) is 46.0 Å². The Morgan fingerprint density at radius 2 is 1.97 bits per heavy atom. The molecule has 0 bridgehead atoms. The first-order valence-electron chi connectivity index (χ1n) is 10.7. The number of amides is 1. The molecule has 0 aliphatic carbocycles. The highest BCUT2D eigenvalue weighted by atomic mass is 16.5. The number of likely N-dealkylation sites (N-methyl/N-ethyl adjacent to an activating group) is 1. The fourth-order valence-electron chi connectivity index (χ4n) is 4.02. The van der Waals surface area contributed by atoms with E-state index < -0.39 is 6.04 Å². The molecule has 1 aliphatic rings. The number of nitrogens with zero attached hydrogens (tertiary/aromatic N) is 4. The maximum Gasteiger partial charge on any atom is 0.249 e. The highest BCUT2D eigenvalue weighted by Gasteiger charge is 2.36. The Hall–Kier alpha value is -3.39. The van der Waals surface area contributed by atoms with E-state index in [-0.39, 0.29) is 12.0 Å². The van der Waals surface area contributed by atoms with Crippen LogP contribution in [0.15, 0.2) is 42.7 Å². The smallest absolute Gasteiger partial charge is 0.249 e. The van der Waals surface area contributed by atoms with Gasteiger partial charge in [-0.3, -0.25) is 9.48 Å². The van der Waals surface area contributed by atoms with Crippen LogP contribution in [0.5, 0.6) is 0 Å². The van der Waals surface area contributed by atoms with E-state index in [0.29, 0.717) is 6.54 Å². The van der Waals surface area contributed by atoms with Crippen molar-refractivity contribution in [3.63, 3.8) is 0 Å². The maximum absolute atomic E-state index is 12.6. The second kappa shape index (κ2) is 9.00. The fraction of sp³-hybridized carbons (Fsp3) is 0.375. The number of hydrogen-bond donors (Lipinski definition) is 2. The molecule has 8 nitrogen and oxygen atoms in total. The maximum atomic E-state index is 12.6. The summed E-state index contributed by atoms with van der Waals surface area (Å²) in [5.41, 5.74) is 5.97. The van der Waals surface area contributed by atoms with Crippen molar-refractivity contribution >= 4 is 23.1 Å². The summed E-state index contributed by atoms with van der Waals surface area (Å²) >= 11 is 0. The van der Waals surface area contributed by atoms with Crippen LogP contribution >= 0.6 is 0 Å². The summed E-state index contributed by atoms with van der Waals surface area (Å²) in [5, 5.41) is 10.9. The molecule has 1 amide bonds. The lowest BCUT2D eigenvalue weighted by Crippen LogP contribution is -2.52. The highest BCUT2D eigenvalue weighted by Crippen LogP contribution is 2.36. The number of aromatic nitrogens is 3. The summed E-state index contributed by atoms with van der Waals surface area (Å²) in [4.78, 5) is 19.2. The molecule has 4 rings (SSSR count). The van der Waals surface area contributed by atoms with E-state index in [1.807, 2.05) is 48.9 Å². The van der Waals surface area contributed by atoms with Gasteiger partial charge < -0.3 is 20.3 Å². The molecule has 168 valence electrons. The van der Waals surface area contributed by atoms with Crippen molar-refractivity contribution in [2.75, 3.05) is 29.7 Å². The van der Waals surface area contributed by atoms with Crippen LogP contribution in [0.1, 0.15) is 29.3 Å². The number of carbonyl (C=O) groups is 1. The summed E-state index contributed by atoms with van der Waals surface area (Å²) < 4.78 is 7.36. The Kier molecular flexibility index (Phi) is 6.14. The summed E-state index contributed by atoms with van der Waals surface area (Å²) in [6, 6.07) is 10.0. The number of fused-ring (bicyclic) bond motifs is 1. The average molecular weight is 435 g/mol. The number of aryl methyl sites for hydroxylation is 2. The van der Waals surface area contributed by atoms with Crippen molar-refractivity contribution < 1.29 is 9.53 Å². The molecule has 0 saturated carbocycles. The lowest BCUT2D eigenvalue weighted by Gasteiger charge is -2.38. The zero-order valence-corrected chi connectivity index (χ0v) is 19.2. The Bertz CT molecular complexity index is 1110. The number of ether oxygens (including phenoxy) is 1. The van der Waals surface area contributed by atoms with Gasteiger partial charge in [0.2, 0.25) is 5.91 Å². The van der Waals surface area contributed by atoms with E-state index in [2.05, 4.69) is 51.9 Å². The molecule has 2 N–H and O–H groups in total. The summed E-state index contributed by atoms with van der Waals surface area (Å²) in [5.74, 6) is 0.667. The molecule has 1 aliphatic heterocycles. The molecule has 0 unspecified atom stereocenters. The van der Waals surface area contributed by atoms with Crippen LogP contribution in [-0.2, 0) is 22.6 Å². The molecule has 0 spiro atoms. The fourth-order valence-corrected chi connectivity index (χ4v) is 4.02. The van der Waals surface area contributed by atoms with Gasteiger partial charge in [0, 0.05) is 38.5 Å². The zero-order valence-electron chi connectivity index (χ0n) is 19.2. The van der Waals surface area contributed by atoms with E-state index in [4.69, 9.17) is 4.74 Å². The normalized spacial score (nSPS) is 16.5. The van der Waals surface area contributed by atoms with Gasteiger partial charge in [-0.25, -0.2) is 4.98 Å². The van der Waals surface area contributed by atoms with Gasteiger partial charge in [-0.2, -0.15) is 5.10 Å². The molecule has 0 fully saturated rings. The van der Waals surface area contributed by atoms with Gasteiger partial charge in [-0.1, -0.05) is 29.8 Å². The lowest BCUT2D eigenvalue weighted by molar-refractivity contribution is -0.120. The Morgan fingerprint density at radius 3 is 2.69 bits per heavy atom. The first-order chi connectivity index (χ1) is 15.4. The van der Waals surface area contributed by atoms with Crippen molar-refractivity contribution in [2.24, 2.45) is 0 Å². The molecule has 8 heteroatoms. The number of nitrogens with one attached hydrogen (secondary N) is 2. The third-order valence-electron chi connectivity index (χ3n) is 5.94. The molecule has 3 heterocycles. The van der Waals surface area contributed by atoms with Crippen LogP contribution in [0.4, 0.5) is 17.2 Å². The second-order valence-corrected chi connectivity index (χ2v) is 8.36. The van der Waals surface area contributed by atoms with Gasteiger partial charge in [0.25, 0.3) is 0 Å². The molecule has 0 radical (unpaired) electrons. The first-order valence-corrected chi connectivity index (χ1v) is 10.7. The van der Waals surface area contributed by atoms with Crippen molar-refractivity contribution in [3.05, 3.63) is 65.1 Å². The number of hydrogen-bond acceptors (Lipinski definition) is 6. The van der Waals surface area contributed by atoms with Crippen LogP contribution in [0.3, 0.4) is 0 Å². The number of carbonyl (C=O) groups excluding carboxylic acids is 1. The summed E-state index contributed by atoms with van der Waals surface area (Å²) in [6.07, 6.45) is 3.67. The predicted octanol–water partition coefficient (Wildman–Crippen LogP) is 3.35. The first kappa shape index (κ1) is 21.8. The number of methoxy groups -OCH3 is 1. The highest BCUT2D eigenvalue weighted by molar-refractivity contribution is 6.04. The molecule has 3 aromatic rings. The molecule has 2 atom stereocenters. The number of benzene rings is 1. The largest absolute Gasteiger partial charge is 0.379 e. The van der Waals surface area contributed by atoms with E-state index in [1.165, 1.54) is 11.1 Å². The molecule has 0 saturated heterocycles. The van der Waals surface area contributed by atoms with Gasteiger partial charge in [-0.05, 0) is 26.3 Å². The van der Waals surface area contributed by atoms with E-state index in [1.54, 1.807) is 7.11 Å². The van der Waals surface area contributed by atoms with Crippen molar-refractivity contribution in [3.8, 4) is 0 Å². The minimum absolute atomic E-state index is 0.0825. The molecular formula is C24H30N6O2. The Morgan fingerprint density at radius 1 is 1.22 bits per heavy atom. The summed E-state index contributed by atoms with van der Waals surface area (Å²) in [6.45, 7) is 7.22. The SMILES string of the molecule is CO[C@H](C)[C@H]1C(=O)Nc2c(cc(NCc3cnn(Cc4ccc(C)cc4)c3)nc2C)N1C. The number of anilines is 3. The van der Waals surface area contributed by atoms with E-state index >= 15 is 0 Å². The minimum atomic E-state index is -0.401. The van der Waals surface area contributed by atoms with Crippen LogP contribution in [0, 0.1) is 13.8 Å². The van der Waals surface area contributed by atoms with Crippen molar-refractivity contribution in [1.29, 1.82) is 0 Å². The van der Waals surface area contributed by atoms with Gasteiger partial charge in [-0.15, -0.1) is 0 Å². The van der Waals surface area contributed by atoms with Gasteiger partial charge >= 0.3 is 0 Å². The van der Waals surface area contributed by atoms with Crippen LogP contribution in [-0.4, -0.2) is 47.0 Å². The molecular weight excluding hydrogens is 404 g/mol. The Labute approximate surface area is 188 Å². The van der Waals surface area contributed by atoms with Gasteiger partial charge in [0.05, 0.1) is 35.9 Å². The van der Waals surface area contributed by atoms with Crippen molar-refractivity contribution in [1.82, 2.24) is 14.8 Å². The number of pyridine rings is 1. The topological polar surface area (TPSA) is 84.3 Å². The van der Waals surface area contributed by atoms with E-state index in [0.717, 1.165) is 35.0 Å². The monoisotopic (exact) mass is 434 g/mol. The molecule has 2 aromatic heterocycles. The quantitative estimate of drug-likeness (QED) is 0.593. The number of rotatable bonds is 7. The van der Waals surface area contributed by atoms with Crippen LogP contribution < -0.4 is 15.5 Å². The molecule has 1 aromatic carbocycles. The second-order valence-electron chi connectivity index (χ2n) is 8.36. The zero-order chi connectivity index (χ0) is 22.8. The lowest BCUT2D eigenvalue weighted by atomic mass is 10.0. The molecule has 32 heavy (non-hydrogen) atoms. The average Bonchev–Trinajstić information content (AvgIpc) is 3.22. The van der Waals surface area contributed by atoms with Gasteiger partial charge in [0.1, 0.15) is 11.9 Å². The Balaban J connectivity index is 1.46. The predicted molar refractivity (Wildman–Crippen MR) is 126 cm³/mol. The summed E-state index contributed by atoms with van der Waals surface area (Å²) in [7, 11) is 3.53. The van der Waals surface area contributed by atoms with Crippen LogP contribution in [0.2, 0.25) is 0 Å².